The summed E-state index contributed by atoms with van der Waals surface area (Å²) in [5.41, 5.74) is 2.20. The molecule has 0 spiro atoms. The maximum Gasteiger partial charge on any atom is 0.353 e. The molecule has 1 aromatic heterocycles. The van der Waals surface area contributed by atoms with Crippen molar-refractivity contribution in [1.29, 1.82) is 0 Å². The molecule has 0 atom stereocenters. The minimum Gasteiger partial charge on any atom is -0.477 e. The zero-order valence-corrected chi connectivity index (χ0v) is 11.0. The van der Waals surface area contributed by atoms with Crippen molar-refractivity contribution in [3.05, 3.63) is 47.2 Å². The number of nitrogens with one attached hydrogen (secondary N) is 2. The lowest BCUT2D eigenvalue weighted by Gasteiger charge is -2.02. The summed E-state index contributed by atoms with van der Waals surface area (Å²) in [6, 6.07) is 9.26. The molecule has 0 radical (unpaired) electrons. The Hall–Kier alpha value is -2.63. The van der Waals surface area contributed by atoms with Crippen molar-refractivity contribution in [3.63, 3.8) is 0 Å². The van der Waals surface area contributed by atoms with Gasteiger partial charge in [-0.25, -0.2) is 4.79 Å². The summed E-state index contributed by atoms with van der Waals surface area (Å²) in [5.74, 6) is -1.09. The van der Waals surface area contributed by atoms with Crippen LogP contribution in [-0.4, -0.2) is 27.2 Å². The van der Waals surface area contributed by atoms with E-state index in [0.29, 0.717) is 12.8 Å². The smallest absolute Gasteiger partial charge is 0.353 e. The van der Waals surface area contributed by atoms with E-state index >= 15 is 0 Å². The number of anilines is 1. The number of amides is 1. The van der Waals surface area contributed by atoms with Gasteiger partial charge in [-0.05, 0) is 18.9 Å². The Morgan fingerprint density at radius 2 is 2.00 bits per heavy atom. The van der Waals surface area contributed by atoms with Gasteiger partial charge >= 0.3 is 5.97 Å². The number of aryl methyl sites for hydroxylation is 2. The first-order chi connectivity index (χ1) is 9.54. The molecule has 104 valence electrons. The van der Waals surface area contributed by atoms with E-state index in [9.17, 15) is 9.59 Å². The molecule has 0 aliphatic rings. The van der Waals surface area contributed by atoms with E-state index in [0.717, 1.165) is 5.56 Å². The fourth-order valence-electron chi connectivity index (χ4n) is 1.71. The molecule has 3 N–H and O–H groups in total. The van der Waals surface area contributed by atoms with Gasteiger partial charge in [-0.15, -0.1) is 0 Å². The van der Waals surface area contributed by atoms with Crippen LogP contribution in [0, 0.1) is 6.92 Å². The van der Waals surface area contributed by atoms with Crippen LogP contribution in [0.25, 0.3) is 0 Å². The highest BCUT2D eigenvalue weighted by Crippen LogP contribution is 2.08. The number of benzene rings is 1. The normalized spacial score (nSPS) is 10.2. The Morgan fingerprint density at radius 3 is 2.60 bits per heavy atom. The van der Waals surface area contributed by atoms with Crippen molar-refractivity contribution in [2.75, 3.05) is 5.32 Å². The second-order valence-corrected chi connectivity index (χ2v) is 4.51. The van der Waals surface area contributed by atoms with E-state index in [1.165, 1.54) is 11.6 Å². The third kappa shape index (κ3) is 3.68. The highest BCUT2D eigenvalue weighted by atomic mass is 16.4. The average molecular weight is 273 g/mol. The summed E-state index contributed by atoms with van der Waals surface area (Å²) in [4.78, 5) is 22.4. The van der Waals surface area contributed by atoms with Crippen LogP contribution >= 0.6 is 0 Å². The van der Waals surface area contributed by atoms with Crippen molar-refractivity contribution in [2.24, 2.45) is 0 Å². The first kappa shape index (κ1) is 13.8. The Balaban J connectivity index is 1.85. The Bertz CT molecular complexity index is 617. The number of carboxylic acid groups (broad SMARTS) is 1. The van der Waals surface area contributed by atoms with E-state index < -0.39 is 5.97 Å². The Kier molecular flexibility index (Phi) is 4.14. The first-order valence-corrected chi connectivity index (χ1v) is 6.18. The molecule has 1 heterocycles. The van der Waals surface area contributed by atoms with Crippen LogP contribution in [0.4, 0.5) is 5.82 Å². The quantitative estimate of drug-likeness (QED) is 0.776. The Labute approximate surface area is 115 Å². The number of aromatic carboxylic acids is 1. The van der Waals surface area contributed by atoms with Gasteiger partial charge in [0.25, 0.3) is 0 Å². The van der Waals surface area contributed by atoms with E-state index in [-0.39, 0.29) is 17.4 Å². The summed E-state index contributed by atoms with van der Waals surface area (Å²) in [7, 11) is 0. The lowest BCUT2D eigenvalue weighted by Crippen LogP contribution is -2.12. The maximum absolute atomic E-state index is 11.7. The molecule has 1 aromatic carbocycles. The molecule has 6 heteroatoms. The van der Waals surface area contributed by atoms with Gasteiger partial charge in [0.05, 0.1) is 0 Å². The van der Waals surface area contributed by atoms with Crippen molar-refractivity contribution >= 4 is 17.7 Å². The largest absolute Gasteiger partial charge is 0.477 e. The predicted octanol–water partition coefficient (Wildman–Crippen LogP) is 1.99. The summed E-state index contributed by atoms with van der Waals surface area (Å²) in [5, 5.41) is 17.3. The van der Waals surface area contributed by atoms with Gasteiger partial charge in [-0.1, -0.05) is 29.8 Å². The minimum atomic E-state index is -1.11. The van der Waals surface area contributed by atoms with E-state index in [1.54, 1.807) is 0 Å². The van der Waals surface area contributed by atoms with Crippen LogP contribution in [0.3, 0.4) is 0 Å². The Morgan fingerprint density at radius 1 is 1.30 bits per heavy atom. The fourth-order valence-corrected chi connectivity index (χ4v) is 1.71. The lowest BCUT2D eigenvalue weighted by atomic mass is 10.1. The molecular weight excluding hydrogens is 258 g/mol. The van der Waals surface area contributed by atoms with Crippen LogP contribution in [0.5, 0.6) is 0 Å². The number of carbonyl (C=O) groups excluding carboxylic acids is 1. The molecule has 0 saturated carbocycles. The van der Waals surface area contributed by atoms with Crippen LogP contribution < -0.4 is 5.32 Å². The topological polar surface area (TPSA) is 95.1 Å². The SMILES string of the molecule is Cc1ccc(CCC(=O)Nc2cc(C(=O)O)[nH]n2)cc1. The predicted molar refractivity (Wildman–Crippen MR) is 73.7 cm³/mol. The summed E-state index contributed by atoms with van der Waals surface area (Å²) >= 11 is 0. The van der Waals surface area contributed by atoms with Gasteiger partial charge in [0.1, 0.15) is 5.69 Å². The van der Waals surface area contributed by atoms with Gasteiger partial charge in [0, 0.05) is 12.5 Å². The number of hydrogen-bond donors (Lipinski definition) is 3. The van der Waals surface area contributed by atoms with Gasteiger partial charge in [0.15, 0.2) is 5.82 Å². The van der Waals surface area contributed by atoms with Crippen molar-refractivity contribution < 1.29 is 14.7 Å². The average Bonchev–Trinajstić information content (AvgIpc) is 2.87. The number of aromatic nitrogens is 2. The zero-order chi connectivity index (χ0) is 14.5. The van der Waals surface area contributed by atoms with Crippen molar-refractivity contribution in [3.8, 4) is 0 Å². The first-order valence-electron chi connectivity index (χ1n) is 6.18. The summed E-state index contributed by atoms with van der Waals surface area (Å²) < 4.78 is 0. The number of hydrogen-bond acceptors (Lipinski definition) is 3. The van der Waals surface area contributed by atoms with Gasteiger partial charge in [0.2, 0.25) is 5.91 Å². The molecule has 0 bridgehead atoms. The number of H-pyrrole nitrogens is 1. The van der Waals surface area contributed by atoms with Gasteiger partial charge in [-0.3, -0.25) is 9.89 Å². The van der Waals surface area contributed by atoms with E-state index in [1.807, 2.05) is 31.2 Å². The van der Waals surface area contributed by atoms with Crippen LogP contribution in [0.15, 0.2) is 30.3 Å². The molecule has 0 unspecified atom stereocenters. The van der Waals surface area contributed by atoms with Gasteiger partial charge in [-0.2, -0.15) is 5.10 Å². The minimum absolute atomic E-state index is 0.0566. The molecule has 0 aliphatic heterocycles. The number of carboxylic acids is 1. The van der Waals surface area contributed by atoms with E-state index in [4.69, 9.17) is 5.11 Å². The fraction of sp³-hybridized carbons (Fsp3) is 0.214. The molecule has 2 rings (SSSR count). The third-order valence-electron chi connectivity index (χ3n) is 2.84. The van der Waals surface area contributed by atoms with Crippen LogP contribution in [0.2, 0.25) is 0 Å². The molecule has 0 saturated heterocycles. The van der Waals surface area contributed by atoms with Crippen molar-refractivity contribution in [2.45, 2.75) is 19.8 Å². The highest BCUT2D eigenvalue weighted by Gasteiger charge is 2.10. The second kappa shape index (κ2) is 6.01. The van der Waals surface area contributed by atoms with E-state index in [2.05, 4.69) is 15.5 Å². The highest BCUT2D eigenvalue weighted by molar-refractivity contribution is 5.92. The lowest BCUT2D eigenvalue weighted by molar-refractivity contribution is -0.116. The molecular formula is C14H15N3O3. The van der Waals surface area contributed by atoms with Gasteiger partial charge < -0.3 is 10.4 Å². The summed E-state index contributed by atoms with van der Waals surface area (Å²) in [6.07, 6.45) is 0.945. The maximum atomic E-state index is 11.7. The molecule has 20 heavy (non-hydrogen) atoms. The monoisotopic (exact) mass is 273 g/mol. The number of rotatable bonds is 5. The van der Waals surface area contributed by atoms with Crippen LogP contribution in [0.1, 0.15) is 28.0 Å². The second-order valence-electron chi connectivity index (χ2n) is 4.51. The molecule has 0 fully saturated rings. The van der Waals surface area contributed by atoms with Crippen LogP contribution in [-0.2, 0) is 11.2 Å². The molecule has 2 aromatic rings. The summed E-state index contributed by atoms with van der Waals surface area (Å²) in [6.45, 7) is 2.01. The number of nitrogens with zero attached hydrogens (tertiary/aromatic N) is 1. The van der Waals surface area contributed by atoms with Crippen molar-refractivity contribution in [1.82, 2.24) is 10.2 Å². The molecule has 0 aliphatic carbocycles. The standard InChI is InChI=1S/C14H15N3O3/c1-9-2-4-10(5-3-9)6-7-13(18)15-12-8-11(14(19)20)16-17-12/h2-5,8H,6-7H2,1H3,(H,19,20)(H2,15,16,17,18). The molecule has 1 amide bonds. The number of carbonyl (C=O) groups is 2. The number of aromatic amines is 1. The molecule has 6 nitrogen and oxygen atoms in total. The zero-order valence-electron chi connectivity index (χ0n) is 11.0. The third-order valence-corrected chi connectivity index (χ3v) is 2.84.